The molecule has 0 aliphatic rings. The standard InChI is InChI=1S/2C4H10.C3H4N2.C2H3N3/c2*1-4(2)3;1-2-5-3-4-1;1-2-4-5-3-1/h2*4H,1-3H3;1-3H,(H,4,5);1-2H,(H,3,4,5). The highest BCUT2D eigenvalue weighted by Gasteiger charge is 1.68. The highest BCUT2D eigenvalue weighted by Crippen LogP contribution is 1.81. The molecule has 0 fully saturated rings. The van der Waals surface area contributed by atoms with E-state index in [1.165, 1.54) is 0 Å². The maximum atomic E-state index is 3.67. The van der Waals surface area contributed by atoms with Crippen molar-refractivity contribution in [3.8, 4) is 0 Å². The van der Waals surface area contributed by atoms with E-state index in [2.05, 4.69) is 66.9 Å². The predicted octanol–water partition coefficient (Wildman–Crippen LogP) is 3.54. The van der Waals surface area contributed by atoms with Gasteiger partial charge in [0.2, 0.25) is 0 Å². The van der Waals surface area contributed by atoms with Crippen LogP contribution in [0.5, 0.6) is 0 Å². The van der Waals surface area contributed by atoms with Crippen LogP contribution in [0.4, 0.5) is 0 Å². The summed E-state index contributed by atoms with van der Waals surface area (Å²) in [5.74, 6) is 1.67. The molecule has 2 heterocycles. The molecule has 0 aromatic carbocycles. The topological polar surface area (TPSA) is 70.2 Å². The predicted molar refractivity (Wildman–Crippen MR) is 76.0 cm³/mol. The average Bonchev–Trinajstić information content (AvgIpc) is 2.96. The third-order valence-electron chi connectivity index (χ3n) is 0.737. The normalized spacial score (nSPS) is 8.44. The van der Waals surface area contributed by atoms with Crippen molar-refractivity contribution < 1.29 is 0 Å². The Hall–Kier alpha value is -1.65. The molecule has 0 atom stereocenters. The van der Waals surface area contributed by atoms with Gasteiger partial charge < -0.3 is 4.98 Å². The first-order valence-corrected chi connectivity index (χ1v) is 6.19. The van der Waals surface area contributed by atoms with Crippen LogP contribution in [-0.2, 0) is 0 Å². The van der Waals surface area contributed by atoms with Crippen LogP contribution in [0.15, 0.2) is 31.1 Å². The summed E-state index contributed by atoms with van der Waals surface area (Å²) in [7, 11) is 0. The van der Waals surface area contributed by atoms with Crippen molar-refractivity contribution in [3.05, 3.63) is 31.1 Å². The minimum Gasteiger partial charge on any atom is -0.351 e. The number of hydrogen-bond donors (Lipinski definition) is 2. The Morgan fingerprint density at radius 1 is 0.778 bits per heavy atom. The fourth-order valence-corrected chi connectivity index (χ4v) is 0.382. The first-order valence-electron chi connectivity index (χ1n) is 6.19. The summed E-state index contributed by atoms with van der Waals surface area (Å²) < 4.78 is 0. The van der Waals surface area contributed by atoms with E-state index in [-0.39, 0.29) is 0 Å². The summed E-state index contributed by atoms with van der Waals surface area (Å²) in [6, 6.07) is 0. The van der Waals surface area contributed by atoms with Gasteiger partial charge in [-0.25, -0.2) is 4.98 Å². The van der Waals surface area contributed by atoms with Crippen LogP contribution >= 0.6 is 0 Å². The van der Waals surface area contributed by atoms with Gasteiger partial charge in [-0.3, -0.25) is 0 Å². The Balaban J connectivity index is 0. The van der Waals surface area contributed by atoms with Crippen LogP contribution in [0.25, 0.3) is 0 Å². The number of nitrogens with one attached hydrogen (secondary N) is 2. The number of H-pyrrole nitrogens is 2. The van der Waals surface area contributed by atoms with Crippen LogP contribution < -0.4 is 0 Å². The fraction of sp³-hybridized carbons (Fsp3) is 0.615. The Bertz CT molecular complexity index is 215. The average molecular weight is 253 g/mol. The van der Waals surface area contributed by atoms with Crippen molar-refractivity contribution in [2.24, 2.45) is 11.8 Å². The molecule has 5 heteroatoms. The molecular weight excluding hydrogens is 226 g/mol. The Morgan fingerprint density at radius 2 is 1.22 bits per heavy atom. The highest BCUT2D eigenvalue weighted by atomic mass is 15.3. The van der Waals surface area contributed by atoms with E-state index in [1.807, 2.05) is 0 Å². The molecule has 0 aliphatic carbocycles. The van der Waals surface area contributed by atoms with E-state index in [1.54, 1.807) is 31.1 Å². The molecule has 0 spiro atoms. The van der Waals surface area contributed by atoms with Gasteiger partial charge >= 0.3 is 0 Å². The van der Waals surface area contributed by atoms with Crippen molar-refractivity contribution in [2.75, 3.05) is 0 Å². The van der Waals surface area contributed by atoms with Crippen LogP contribution in [-0.4, -0.2) is 25.4 Å². The Kier molecular flexibility index (Phi) is 16.0. The molecule has 2 aromatic rings. The largest absolute Gasteiger partial charge is 0.351 e. The number of rotatable bonds is 0. The monoisotopic (exact) mass is 253 g/mol. The van der Waals surface area contributed by atoms with Gasteiger partial charge in [0.05, 0.1) is 18.7 Å². The molecule has 0 radical (unpaired) electrons. The first kappa shape index (κ1) is 18.7. The maximum absolute atomic E-state index is 3.67. The van der Waals surface area contributed by atoms with Crippen molar-refractivity contribution in [2.45, 2.75) is 41.5 Å². The third kappa shape index (κ3) is 36.7. The van der Waals surface area contributed by atoms with E-state index in [0.29, 0.717) is 0 Å². The summed E-state index contributed by atoms with van der Waals surface area (Å²) >= 11 is 0. The van der Waals surface area contributed by atoms with Crippen molar-refractivity contribution in [1.82, 2.24) is 25.4 Å². The minimum absolute atomic E-state index is 0.833. The smallest absolute Gasteiger partial charge is 0.0919 e. The van der Waals surface area contributed by atoms with E-state index in [0.717, 1.165) is 11.8 Å². The molecule has 0 bridgehead atoms. The molecule has 0 saturated carbocycles. The van der Waals surface area contributed by atoms with Gasteiger partial charge in [-0.2, -0.15) is 15.4 Å². The lowest BCUT2D eigenvalue weighted by Gasteiger charge is -1.79. The number of hydrogen-bond acceptors (Lipinski definition) is 3. The van der Waals surface area contributed by atoms with Gasteiger partial charge in [-0.05, 0) is 11.8 Å². The molecule has 0 aliphatic heterocycles. The zero-order valence-corrected chi connectivity index (χ0v) is 12.4. The molecule has 2 aromatic heterocycles. The third-order valence-corrected chi connectivity index (χ3v) is 0.737. The summed E-state index contributed by atoms with van der Waals surface area (Å²) in [5.41, 5.74) is 0. The quantitative estimate of drug-likeness (QED) is 0.754. The van der Waals surface area contributed by atoms with Crippen LogP contribution in [0.1, 0.15) is 41.5 Å². The van der Waals surface area contributed by atoms with Crippen molar-refractivity contribution in [3.63, 3.8) is 0 Å². The zero-order valence-electron chi connectivity index (χ0n) is 12.4. The summed E-state index contributed by atoms with van der Waals surface area (Å²) in [4.78, 5) is 6.42. The molecule has 104 valence electrons. The number of nitrogens with zero attached hydrogens (tertiary/aromatic N) is 3. The number of imidazole rings is 1. The fourth-order valence-electron chi connectivity index (χ4n) is 0.382. The van der Waals surface area contributed by atoms with Crippen molar-refractivity contribution >= 4 is 0 Å². The number of aromatic amines is 2. The molecular formula is C13H27N5. The summed E-state index contributed by atoms with van der Waals surface area (Å²) in [6.07, 6.45) is 8.25. The van der Waals surface area contributed by atoms with Crippen LogP contribution in [0.2, 0.25) is 0 Å². The highest BCUT2D eigenvalue weighted by molar-refractivity contribution is 4.64. The molecule has 2 rings (SSSR count). The van der Waals surface area contributed by atoms with Crippen LogP contribution in [0, 0.1) is 11.8 Å². The lowest BCUT2D eigenvalue weighted by Crippen LogP contribution is -1.66. The second kappa shape index (κ2) is 15.4. The molecule has 0 amide bonds. The Morgan fingerprint density at radius 3 is 1.33 bits per heavy atom. The van der Waals surface area contributed by atoms with E-state index in [4.69, 9.17) is 0 Å². The van der Waals surface area contributed by atoms with Gasteiger partial charge in [0.15, 0.2) is 0 Å². The first-order chi connectivity index (χ1) is 8.46. The van der Waals surface area contributed by atoms with Gasteiger partial charge in [-0.15, -0.1) is 0 Å². The lowest BCUT2D eigenvalue weighted by molar-refractivity contribution is 0.736. The maximum Gasteiger partial charge on any atom is 0.0919 e. The van der Waals surface area contributed by atoms with Gasteiger partial charge in [-0.1, -0.05) is 41.5 Å². The number of aromatic nitrogens is 5. The molecule has 18 heavy (non-hydrogen) atoms. The van der Waals surface area contributed by atoms with Gasteiger partial charge in [0.1, 0.15) is 0 Å². The molecule has 5 nitrogen and oxygen atoms in total. The van der Waals surface area contributed by atoms with E-state index < -0.39 is 0 Å². The summed E-state index contributed by atoms with van der Waals surface area (Å²) in [6.45, 7) is 13.0. The lowest BCUT2D eigenvalue weighted by atomic mass is 10.3. The molecule has 0 saturated heterocycles. The second-order valence-corrected chi connectivity index (χ2v) is 4.88. The van der Waals surface area contributed by atoms with Crippen molar-refractivity contribution in [1.29, 1.82) is 0 Å². The Labute approximate surface area is 110 Å². The van der Waals surface area contributed by atoms with Gasteiger partial charge in [0, 0.05) is 12.4 Å². The zero-order chi connectivity index (χ0) is 14.2. The molecule has 0 unspecified atom stereocenters. The summed E-state index contributed by atoms with van der Waals surface area (Å²) in [5, 5.41) is 9.33. The second-order valence-electron chi connectivity index (χ2n) is 4.88. The molecule has 2 N–H and O–H groups in total. The SMILES string of the molecule is CC(C)C.CC(C)C.c1c[nH]cn1.c1cn[nH]n1. The van der Waals surface area contributed by atoms with Gasteiger partial charge in [0.25, 0.3) is 0 Å². The van der Waals surface area contributed by atoms with Crippen LogP contribution in [0.3, 0.4) is 0 Å². The minimum atomic E-state index is 0.833. The van der Waals surface area contributed by atoms with E-state index >= 15 is 0 Å². The van der Waals surface area contributed by atoms with E-state index in [9.17, 15) is 0 Å².